The second kappa shape index (κ2) is 9.18. The van der Waals surface area contributed by atoms with E-state index in [1.807, 2.05) is 12.1 Å². The number of nitrogens with zero attached hydrogens (tertiary/aromatic N) is 2. The molecule has 2 fully saturated rings. The number of anilines is 2. The average molecular weight is 464 g/mol. The van der Waals surface area contributed by atoms with Crippen LogP contribution >= 0.6 is 0 Å². The fourth-order valence-corrected chi connectivity index (χ4v) is 6.81. The van der Waals surface area contributed by atoms with Crippen LogP contribution < -0.4 is 9.62 Å². The Balaban J connectivity index is 1.55. The van der Waals surface area contributed by atoms with Crippen molar-refractivity contribution in [3.05, 3.63) is 48.5 Å². The van der Waals surface area contributed by atoms with Gasteiger partial charge in [-0.15, -0.1) is 0 Å². The summed E-state index contributed by atoms with van der Waals surface area (Å²) < 4.78 is 55.8. The molecule has 2 aliphatic heterocycles. The van der Waals surface area contributed by atoms with Crippen molar-refractivity contribution in [2.45, 2.75) is 48.3 Å². The Labute approximate surface area is 185 Å². The minimum Gasteiger partial charge on any atom is -0.370 e. The van der Waals surface area contributed by atoms with E-state index in [4.69, 9.17) is 0 Å². The smallest absolute Gasteiger partial charge is 0.261 e. The minimum atomic E-state index is -3.85. The van der Waals surface area contributed by atoms with Gasteiger partial charge in [-0.25, -0.2) is 16.8 Å². The number of hydrogen-bond acceptors (Lipinski definition) is 5. The van der Waals surface area contributed by atoms with Crippen molar-refractivity contribution in [2.24, 2.45) is 0 Å². The molecule has 0 atom stereocenters. The zero-order valence-electron chi connectivity index (χ0n) is 17.5. The topological polar surface area (TPSA) is 86.8 Å². The lowest BCUT2D eigenvalue weighted by atomic mass is 10.1. The predicted octanol–water partition coefficient (Wildman–Crippen LogP) is 3.65. The van der Waals surface area contributed by atoms with Gasteiger partial charge in [0.25, 0.3) is 10.0 Å². The third kappa shape index (κ3) is 4.88. The number of para-hydroxylation sites is 2. The van der Waals surface area contributed by atoms with Gasteiger partial charge in [-0.05, 0) is 68.5 Å². The molecule has 9 heteroatoms. The lowest BCUT2D eigenvalue weighted by Crippen LogP contribution is -2.35. The largest absolute Gasteiger partial charge is 0.370 e. The third-order valence-corrected chi connectivity index (χ3v) is 9.23. The Morgan fingerprint density at radius 2 is 1.19 bits per heavy atom. The molecule has 4 rings (SSSR count). The fraction of sp³-hybridized carbons (Fsp3) is 0.455. The Morgan fingerprint density at radius 1 is 0.645 bits per heavy atom. The molecule has 0 saturated carbocycles. The van der Waals surface area contributed by atoms with Crippen LogP contribution in [0.1, 0.15) is 38.5 Å². The molecule has 2 heterocycles. The van der Waals surface area contributed by atoms with Crippen LogP contribution in [0.3, 0.4) is 0 Å². The van der Waals surface area contributed by atoms with Crippen molar-refractivity contribution in [3.8, 4) is 0 Å². The molecule has 0 radical (unpaired) electrons. The number of rotatable bonds is 6. The molecule has 0 unspecified atom stereocenters. The number of piperidine rings is 2. The molecule has 2 aromatic rings. The van der Waals surface area contributed by atoms with Crippen LogP contribution in [0, 0.1) is 0 Å². The average Bonchev–Trinajstić information content (AvgIpc) is 2.80. The molecular weight excluding hydrogens is 434 g/mol. The zero-order chi connectivity index (χ0) is 21.9. The van der Waals surface area contributed by atoms with Gasteiger partial charge in [0.1, 0.15) is 0 Å². The van der Waals surface area contributed by atoms with Crippen molar-refractivity contribution in [3.63, 3.8) is 0 Å². The van der Waals surface area contributed by atoms with E-state index >= 15 is 0 Å². The van der Waals surface area contributed by atoms with Crippen molar-refractivity contribution >= 4 is 31.4 Å². The van der Waals surface area contributed by atoms with E-state index in [1.54, 1.807) is 12.1 Å². The maximum Gasteiger partial charge on any atom is 0.261 e. The Kier molecular flexibility index (Phi) is 6.55. The molecular formula is C22H29N3O4S2. The molecule has 0 aliphatic carbocycles. The molecule has 0 spiro atoms. The number of nitrogens with one attached hydrogen (secondary N) is 1. The fourth-order valence-electron chi connectivity index (χ4n) is 4.22. The Bertz CT molecular complexity index is 1100. The van der Waals surface area contributed by atoms with Crippen molar-refractivity contribution in [1.82, 2.24) is 4.31 Å². The van der Waals surface area contributed by atoms with Crippen LogP contribution in [-0.4, -0.2) is 47.3 Å². The van der Waals surface area contributed by atoms with Crippen LogP contribution in [0.5, 0.6) is 0 Å². The van der Waals surface area contributed by atoms with E-state index in [9.17, 15) is 16.8 Å². The van der Waals surface area contributed by atoms with Crippen LogP contribution in [0.4, 0.5) is 11.4 Å². The minimum absolute atomic E-state index is 0.0403. The lowest BCUT2D eigenvalue weighted by molar-refractivity contribution is 0.346. The zero-order valence-corrected chi connectivity index (χ0v) is 19.2. The van der Waals surface area contributed by atoms with Crippen LogP contribution in [0.2, 0.25) is 0 Å². The summed E-state index contributed by atoms with van der Waals surface area (Å²) in [5.74, 6) is 0. The normalized spacial score (nSPS) is 18.6. The molecule has 168 valence electrons. The van der Waals surface area contributed by atoms with E-state index in [0.717, 1.165) is 50.9 Å². The summed E-state index contributed by atoms with van der Waals surface area (Å²) in [7, 11) is -7.44. The van der Waals surface area contributed by atoms with Gasteiger partial charge in [0, 0.05) is 26.2 Å². The van der Waals surface area contributed by atoms with Gasteiger partial charge in [-0.1, -0.05) is 18.6 Å². The summed E-state index contributed by atoms with van der Waals surface area (Å²) in [6.07, 6.45) is 6.12. The van der Waals surface area contributed by atoms with E-state index in [-0.39, 0.29) is 9.79 Å². The molecule has 7 nitrogen and oxygen atoms in total. The highest BCUT2D eigenvalue weighted by Crippen LogP contribution is 2.30. The number of hydrogen-bond donors (Lipinski definition) is 1. The highest BCUT2D eigenvalue weighted by molar-refractivity contribution is 7.92. The second-order valence-corrected chi connectivity index (χ2v) is 11.7. The molecule has 2 aromatic carbocycles. The molecule has 0 amide bonds. The van der Waals surface area contributed by atoms with Crippen LogP contribution in [0.25, 0.3) is 0 Å². The first-order valence-corrected chi connectivity index (χ1v) is 13.8. The maximum absolute atomic E-state index is 13.0. The highest BCUT2D eigenvalue weighted by Gasteiger charge is 2.27. The molecule has 1 N–H and O–H groups in total. The maximum atomic E-state index is 13.0. The van der Waals surface area contributed by atoms with E-state index in [1.165, 1.54) is 35.0 Å². The lowest BCUT2D eigenvalue weighted by Gasteiger charge is -2.30. The number of benzene rings is 2. The molecule has 2 saturated heterocycles. The Morgan fingerprint density at radius 3 is 1.84 bits per heavy atom. The summed E-state index contributed by atoms with van der Waals surface area (Å²) in [5, 5.41) is 0. The van der Waals surface area contributed by atoms with Gasteiger partial charge < -0.3 is 4.90 Å². The van der Waals surface area contributed by atoms with Crippen molar-refractivity contribution in [1.29, 1.82) is 0 Å². The van der Waals surface area contributed by atoms with Gasteiger partial charge in [0.15, 0.2) is 0 Å². The SMILES string of the molecule is O=S(=O)(Nc1ccccc1N1CCCCC1)c1ccc(S(=O)(=O)N2CCCCC2)cc1. The molecule has 31 heavy (non-hydrogen) atoms. The summed E-state index contributed by atoms with van der Waals surface area (Å²) in [5.41, 5.74) is 1.41. The Hall–Kier alpha value is -2.10. The quantitative estimate of drug-likeness (QED) is 0.707. The standard InChI is InChI=1S/C22H29N3O4S2/c26-30(27,23-21-9-3-4-10-22(21)24-15-5-1-6-16-24)19-11-13-20(14-12-19)31(28,29)25-17-7-2-8-18-25/h3-4,9-14,23H,1-2,5-8,15-18H2. The van der Waals surface area contributed by atoms with E-state index in [0.29, 0.717) is 18.8 Å². The first-order valence-electron chi connectivity index (χ1n) is 10.8. The van der Waals surface area contributed by atoms with Crippen LogP contribution in [0.15, 0.2) is 58.3 Å². The van der Waals surface area contributed by atoms with E-state index in [2.05, 4.69) is 9.62 Å². The summed E-state index contributed by atoms with van der Waals surface area (Å²) in [6.45, 7) is 2.83. The third-order valence-electron chi connectivity index (χ3n) is 5.93. The summed E-state index contributed by atoms with van der Waals surface area (Å²) in [6, 6.07) is 12.9. The van der Waals surface area contributed by atoms with Gasteiger partial charge >= 0.3 is 0 Å². The summed E-state index contributed by atoms with van der Waals surface area (Å²) in [4.78, 5) is 2.37. The van der Waals surface area contributed by atoms with Crippen molar-refractivity contribution < 1.29 is 16.8 Å². The molecule has 2 aliphatic rings. The number of sulfonamides is 2. The predicted molar refractivity (Wildman–Crippen MR) is 122 cm³/mol. The molecule has 0 bridgehead atoms. The second-order valence-electron chi connectivity index (χ2n) is 8.11. The monoisotopic (exact) mass is 463 g/mol. The first kappa shape index (κ1) is 22.1. The molecule has 0 aromatic heterocycles. The summed E-state index contributed by atoms with van der Waals surface area (Å²) >= 11 is 0. The highest BCUT2D eigenvalue weighted by atomic mass is 32.2. The van der Waals surface area contributed by atoms with Crippen molar-refractivity contribution in [2.75, 3.05) is 35.8 Å². The van der Waals surface area contributed by atoms with Gasteiger partial charge in [0.2, 0.25) is 10.0 Å². The first-order chi connectivity index (χ1) is 14.9. The van der Waals surface area contributed by atoms with Gasteiger partial charge in [-0.2, -0.15) is 4.31 Å². The van der Waals surface area contributed by atoms with Gasteiger partial charge in [-0.3, -0.25) is 4.72 Å². The van der Waals surface area contributed by atoms with Crippen LogP contribution in [-0.2, 0) is 20.0 Å². The van der Waals surface area contributed by atoms with E-state index < -0.39 is 20.0 Å². The van der Waals surface area contributed by atoms with Gasteiger partial charge in [0.05, 0.1) is 21.2 Å².